The largest absolute Gasteiger partial charge is 0.320 e. The molecule has 0 spiro atoms. The van der Waals surface area contributed by atoms with Crippen molar-refractivity contribution in [2.45, 2.75) is 13.0 Å². The van der Waals surface area contributed by atoms with Crippen molar-refractivity contribution in [2.75, 3.05) is 5.32 Å². The summed E-state index contributed by atoms with van der Waals surface area (Å²) in [7, 11) is 0. The minimum Gasteiger partial charge on any atom is -0.320 e. The van der Waals surface area contributed by atoms with E-state index in [0.717, 1.165) is 0 Å². The van der Waals surface area contributed by atoms with E-state index in [1.807, 2.05) is 0 Å². The van der Waals surface area contributed by atoms with E-state index < -0.39 is 6.04 Å². The van der Waals surface area contributed by atoms with Gasteiger partial charge in [0.05, 0.1) is 18.4 Å². The van der Waals surface area contributed by atoms with Crippen LogP contribution >= 0.6 is 0 Å². The minimum atomic E-state index is -0.575. The van der Waals surface area contributed by atoms with Gasteiger partial charge in [0.1, 0.15) is 0 Å². The molecule has 0 fully saturated rings. The molecule has 0 aliphatic heterocycles. The Kier molecular flexibility index (Phi) is 2.65. The van der Waals surface area contributed by atoms with Gasteiger partial charge in [0.25, 0.3) is 0 Å². The van der Waals surface area contributed by atoms with Crippen LogP contribution in [0.5, 0.6) is 0 Å². The van der Waals surface area contributed by atoms with E-state index in [4.69, 9.17) is 5.73 Å². The molecule has 12 heavy (non-hydrogen) atoms. The molecular formula is C6H9N5O. The van der Waals surface area contributed by atoms with Crippen LogP contribution < -0.4 is 11.1 Å². The smallest absolute Gasteiger partial charge is 0.249 e. The maximum atomic E-state index is 11.0. The molecular weight excluding hydrogens is 158 g/mol. The van der Waals surface area contributed by atoms with Crippen LogP contribution in [0.15, 0.2) is 12.4 Å². The highest BCUT2D eigenvalue weighted by Crippen LogP contribution is 1.92. The number of nitrogens with zero attached hydrogens (tertiary/aromatic N) is 3. The second-order valence-corrected chi connectivity index (χ2v) is 2.24. The van der Waals surface area contributed by atoms with Gasteiger partial charge in [0.15, 0.2) is 0 Å². The Morgan fingerprint density at radius 1 is 1.67 bits per heavy atom. The second kappa shape index (κ2) is 3.72. The Morgan fingerprint density at radius 2 is 2.42 bits per heavy atom. The molecule has 6 nitrogen and oxygen atoms in total. The van der Waals surface area contributed by atoms with Gasteiger partial charge in [0, 0.05) is 0 Å². The molecule has 0 aliphatic carbocycles. The van der Waals surface area contributed by atoms with Crippen molar-refractivity contribution >= 4 is 11.9 Å². The summed E-state index contributed by atoms with van der Waals surface area (Å²) in [5, 5.41) is 9.47. The topological polar surface area (TPSA) is 93.8 Å². The first-order valence-electron chi connectivity index (χ1n) is 3.40. The third-order valence-corrected chi connectivity index (χ3v) is 1.13. The molecule has 64 valence electrons. The van der Waals surface area contributed by atoms with Crippen molar-refractivity contribution in [1.29, 1.82) is 0 Å². The van der Waals surface area contributed by atoms with Crippen LogP contribution in [0.1, 0.15) is 6.92 Å². The number of aromatic nitrogens is 3. The third-order valence-electron chi connectivity index (χ3n) is 1.13. The minimum absolute atomic E-state index is 0.166. The van der Waals surface area contributed by atoms with Crippen molar-refractivity contribution in [1.82, 2.24) is 15.2 Å². The number of carbonyl (C=O) groups is 1. The van der Waals surface area contributed by atoms with Crippen LogP contribution in [-0.4, -0.2) is 27.1 Å². The van der Waals surface area contributed by atoms with Crippen LogP contribution in [0.4, 0.5) is 5.95 Å². The summed E-state index contributed by atoms with van der Waals surface area (Å²) in [5.41, 5.74) is 5.30. The lowest BCUT2D eigenvalue weighted by molar-refractivity contribution is -0.117. The first-order chi connectivity index (χ1) is 5.70. The van der Waals surface area contributed by atoms with Gasteiger partial charge in [-0.3, -0.25) is 10.1 Å². The zero-order chi connectivity index (χ0) is 8.97. The van der Waals surface area contributed by atoms with E-state index in [9.17, 15) is 4.79 Å². The molecule has 0 saturated carbocycles. The Morgan fingerprint density at radius 3 is 2.92 bits per heavy atom. The number of hydrogen-bond donors (Lipinski definition) is 2. The zero-order valence-electron chi connectivity index (χ0n) is 6.56. The SMILES string of the molecule is C[C@@H](N)C(=O)Nc1nccnn1. The van der Waals surface area contributed by atoms with Crippen LogP contribution in [-0.2, 0) is 4.79 Å². The predicted molar refractivity (Wildman–Crippen MR) is 42.1 cm³/mol. The molecule has 1 aromatic rings. The summed E-state index contributed by atoms with van der Waals surface area (Å²) in [5.74, 6) is -0.164. The molecule has 1 atom stereocenters. The van der Waals surface area contributed by atoms with E-state index in [2.05, 4.69) is 20.5 Å². The van der Waals surface area contributed by atoms with E-state index >= 15 is 0 Å². The fourth-order valence-electron chi connectivity index (χ4n) is 0.529. The number of carbonyl (C=O) groups excluding carboxylic acids is 1. The molecule has 1 amide bonds. The lowest BCUT2D eigenvalue weighted by Crippen LogP contribution is -2.33. The first-order valence-corrected chi connectivity index (χ1v) is 3.40. The summed E-state index contributed by atoms with van der Waals surface area (Å²) in [6, 6.07) is -0.575. The van der Waals surface area contributed by atoms with Gasteiger partial charge in [-0.05, 0) is 6.92 Å². The summed E-state index contributed by atoms with van der Waals surface area (Å²) < 4.78 is 0. The summed E-state index contributed by atoms with van der Waals surface area (Å²) in [6.45, 7) is 1.58. The van der Waals surface area contributed by atoms with E-state index in [1.54, 1.807) is 6.92 Å². The number of rotatable bonds is 2. The normalized spacial score (nSPS) is 12.2. The quantitative estimate of drug-likeness (QED) is 0.598. The molecule has 1 heterocycles. The van der Waals surface area contributed by atoms with Crippen LogP contribution in [0.25, 0.3) is 0 Å². The average Bonchev–Trinajstić information content (AvgIpc) is 2.06. The van der Waals surface area contributed by atoms with E-state index in [0.29, 0.717) is 0 Å². The van der Waals surface area contributed by atoms with E-state index in [1.165, 1.54) is 12.4 Å². The van der Waals surface area contributed by atoms with Crippen molar-refractivity contribution in [3.05, 3.63) is 12.4 Å². The highest BCUT2D eigenvalue weighted by Gasteiger charge is 2.08. The Bertz CT molecular complexity index is 260. The molecule has 3 N–H and O–H groups in total. The average molecular weight is 167 g/mol. The van der Waals surface area contributed by atoms with Gasteiger partial charge >= 0.3 is 0 Å². The molecule has 0 aromatic carbocycles. The van der Waals surface area contributed by atoms with Crippen molar-refractivity contribution in [3.63, 3.8) is 0 Å². The molecule has 6 heteroatoms. The maximum absolute atomic E-state index is 11.0. The number of nitrogens with one attached hydrogen (secondary N) is 1. The molecule has 1 aromatic heterocycles. The summed E-state index contributed by atoms with van der Waals surface area (Å²) in [6.07, 6.45) is 2.85. The fraction of sp³-hybridized carbons (Fsp3) is 0.333. The highest BCUT2D eigenvalue weighted by atomic mass is 16.2. The molecule has 1 rings (SSSR count). The standard InChI is InChI=1S/C6H9N5O/c1-4(7)5(12)10-6-8-2-3-9-11-6/h2-4H,7H2,1H3,(H,8,10,11,12)/t4-/m1/s1. The number of anilines is 1. The van der Waals surface area contributed by atoms with Crippen molar-refractivity contribution < 1.29 is 4.79 Å². The van der Waals surface area contributed by atoms with Gasteiger partial charge in [-0.2, -0.15) is 5.10 Å². The number of amides is 1. The Labute approximate surface area is 69.2 Å². The summed E-state index contributed by atoms with van der Waals surface area (Å²) >= 11 is 0. The van der Waals surface area contributed by atoms with Gasteiger partial charge in [0.2, 0.25) is 11.9 Å². The van der Waals surface area contributed by atoms with Gasteiger partial charge in [-0.15, -0.1) is 5.10 Å². The fourth-order valence-corrected chi connectivity index (χ4v) is 0.529. The number of hydrogen-bond acceptors (Lipinski definition) is 5. The first kappa shape index (κ1) is 8.54. The molecule has 0 bridgehead atoms. The van der Waals surface area contributed by atoms with Crippen molar-refractivity contribution in [2.24, 2.45) is 5.73 Å². The van der Waals surface area contributed by atoms with Gasteiger partial charge < -0.3 is 5.73 Å². The molecule has 0 aliphatic rings. The summed E-state index contributed by atoms with van der Waals surface area (Å²) in [4.78, 5) is 14.7. The van der Waals surface area contributed by atoms with Crippen LogP contribution in [0.3, 0.4) is 0 Å². The lowest BCUT2D eigenvalue weighted by atomic mass is 10.3. The van der Waals surface area contributed by atoms with Gasteiger partial charge in [-0.25, -0.2) is 4.98 Å². The van der Waals surface area contributed by atoms with Crippen molar-refractivity contribution in [3.8, 4) is 0 Å². The number of nitrogens with two attached hydrogens (primary N) is 1. The predicted octanol–water partition coefficient (Wildman–Crippen LogP) is -0.843. The molecule has 0 radical (unpaired) electrons. The zero-order valence-corrected chi connectivity index (χ0v) is 6.56. The van der Waals surface area contributed by atoms with E-state index in [-0.39, 0.29) is 11.9 Å². The Balaban J connectivity index is 2.59. The molecule has 0 saturated heterocycles. The monoisotopic (exact) mass is 167 g/mol. The maximum Gasteiger partial charge on any atom is 0.249 e. The molecule has 0 unspecified atom stereocenters. The van der Waals surface area contributed by atoms with Crippen LogP contribution in [0, 0.1) is 0 Å². The van der Waals surface area contributed by atoms with Crippen LogP contribution in [0.2, 0.25) is 0 Å². The Hall–Kier alpha value is -1.56. The third kappa shape index (κ3) is 2.24. The van der Waals surface area contributed by atoms with Gasteiger partial charge in [-0.1, -0.05) is 0 Å². The second-order valence-electron chi connectivity index (χ2n) is 2.24. The highest BCUT2D eigenvalue weighted by molar-refractivity contribution is 5.92. The lowest BCUT2D eigenvalue weighted by Gasteiger charge is -2.03.